The molecule has 0 heterocycles. The van der Waals surface area contributed by atoms with Gasteiger partial charge in [0, 0.05) is 0 Å². The zero-order valence-electron chi connectivity index (χ0n) is 10.2. The molecule has 1 aromatic rings. The lowest BCUT2D eigenvalue weighted by Crippen LogP contribution is -2.05. The van der Waals surface area contributed by atoms with Gasteiger partial charge in [-0.15, -0.1) is 0 Å². The van der Waals surface area contributed by atoms with Gasteiger partial charge in [-0.05, 0) is 31.5 Å². The minimum Gasteiger partial charge on any atom is -0.494 e. The van der Waals surface area contributed by atoms with Gasteiger partial charge >= 0.3 is 5.97 Å². The zero-order valence-corrected chi connectivity index (χ0v) is 10.2. The highest BCUT2D eigenvalue weighted by atomic mass is 19.1. The number of methoxy groups -OCH3 is 1. The number of carbonyl (C=O) groups excluding carboxylic acids is 1. The number of benzene rings is 1. The van der Waals surface area contributed by atoms with Crippen LogP contribution in [0.25, 0.3) is 5.76 Å². The van der Waals surface area contributed by atoms with Gasteiger partial charge in [0.25, 0.3) is 0 Å². The van der Waals surface area contributed by atoms with E-state index in [1.54, 1.807) is 19.9 Å². The van der Waals surface area contributed by atoms with Crippen molar-refractivity contribution in [2.24, 2.45) is 0 Å². The molecule has 4 heteroatoms. The fraction of sp³-hybridized carbons (Fsp3) is 0.308. The molecule has 0 bridgehead atoms. The van der Waals surface area contributed by atoms with Crippen LogP contribution in [0.5, 0.6) is 0 Å². The molecule has 0 N–H and O–H groups in total. The molecule has 0 aliphatic carbocycles. The Labute approximate surface area is 99.9 Å². The van der Waals surface area contributed by atoms with E-state index < -0.39 is 11.8 Å². The van der Waals surface area contributed by atoms with E-state index in [0.717, 1.165) is 6.07 Å². The van der Waals surface area contributed by atoms with Gasteiger partial charge in [-0.1, -0.05) is 6.58 Å². The minimum atomic E-state index is -0.569. The number of aryl methyl sites for hydroxylation is 1. The number of rotatable bonds is 4. The van der Waals surface area contributed by atoms with E-state index in [2.05, 4.69) is 11.3 Å². The van der Waals surface area contributed by atoms with E-state index in [4.69, 9.17) is 4.74 Å². The van der Waals surface area contributed by atoms with Crippen LogP contribution in [-0.4, -0.2) is 19.7 Å². The Morgan fingerprint density at radius 2 is 2.12 bits per heavy atom. The van der Waals surface area contributed by atoms with E-state index in [9.17, 15) is 9.18 Å². The number of hydrogen-bond donors (Lipinski definition) is 0. The monoisotopic (exact) mass is 238 g/mol. The molecule has 0 radical (unpaired) electrons. The first kappa shape index (κ1) is 13.2. The van der Waals surface area contributed by atoms with E-state index in [-0.39, 0.29) is 11.3 Å². The molecular weight excluding hydrogens is 223 g/mol. The van der Waals surface area contributed by atoms with Crippen LogP contribution in [0.15, 0.2) is 18.7 Å². The maximum Gasteiger partial charge on any atom is 0.337 e. The largest absolute Gasteiger partial charge is 0.494 e. The first-order valence-corrected chi connectivity index (χ1v) is 5.21. The van der Waals surface area contributed by atoms with Gasteiger partial charge < -0.3 is 9.47 Å². The molecule has 17 heavy (non-hydrogen) atoms. The summed E-state index contributed by atoms with van der Waals surface area (Å²) >= 11 is 0. The highest BCUT2D eigenvalue weighted by molar-refractivity contribution is 5.90. The molecule has 92 valence electrons. The fourth-order valence-corrected chi connectivity index (χ4v) is 1.58. The first-order chi connectivity index (χ1) is 8.01. The van der Waals surface area contributed by atoms with Crippen LogP contribution in [0.2, 0.25) is 0 Å². The average Bonchev–Trinajstić information content (AvgIpc) is 2.27. The van der Waals surface area contributed by atoms with Crippen LogP contribution in [0, 0.1) is 12.7 Å². The second-order valence-corrected chi connectivity index (χ2v) is 3.50. The summed E-state index contributed by atoms with van der Waals surface area (Å²) in [7, 11) is 1.25. The predicted octanol–water partition coefficient (Wildman–Crippen LogP) is 2.93. The summed E-state index contributed by atoms with van der Waals surface area (Å²) in [6.45, 7) is 7.55. The molecule has 0 saturated carbocycles. The summed E-state index contributed by atoms with van der Waals surface area (Å²) in [4.78, 5) is 11.3. The van der Waals surface area contributed by atoms with Crippen molar-refractivity contribution in [2.75, 3.05) is 13.7 Å². The SMILES string of the molecule is C=C(OCC)c1c(C)cc(C(=O)OC)cc1F. The number of carbonyl (C=O) groups is 1. The van der Waals surface area contributed by atoms with E-state index in [1.807, 2.05) is 0 Å². The highest BCUT2D eigenvalue weighted by Crippen LogP contribution is 2.24. The molecule has 0 spiro atoms. The van der Waals surface area contributed by atoms with Crippen molar-refractivity contribution in [3.8, 4) is 0 Å². The van der Waals surface area contributed by atoms with Crippen molar-refractivity contribution < 1.29 is 18.7 Å². The van der Waals surface area contributed by atoms with Gasteiger partial charge in [0.1, 0.15) is 11.6 Å². The van der Waals surface area contributed by atoms with E-state index in [1.165, 1.54) is 7.11 Å². The lowest BCUT2D eigenvalue weighted by Gasteiger charge is -2.12. The second kappa shape index (κ2) is 5.48. The Kier molecular flexibility index (Phi) is 4.26. The molecule has 0 amide bonds. The van der Waals surface area contributed by atoms with Gasteiger partial charge in [-0.2, -0.15) is 0 Å². The Balaban J connectivity index is 3.19. The van der Waals surface area contributed by atoms with Crippen molar-refractivity contribution in [3.63, 3.8) is 0 Å². The third kappa shape index (κ3) is 2.84. The van der Waals surface area contributed by atoms with Crippen LogP contribution in [0.3, 0.4) is 0 Å². The van der Waals surface area contributed by atoms with Crippen molar-refractivity contribution in [3.05, 3.63) is 41.2 Å². The predicted molar refractivity (Wildman–Crippen MR) is 63.1 cm³/mol. The summed E-state index contributed by atoms with van der Waals surface area (Å²) in [5.41, 5.74) is 1.05. The Hall–Kier alpha value is -1.84. The summed E-state index contributed by atoms with van der Waals surface area (Å²) in [5.74, 6) is -0.844. The molecule has 0 aliphatic heterocycles. The summed E-state index contributed by atoms with van der Waals surface area (Å²) in [6, 6.07) is 2.67. The average molecular weight is 238 g/mol. The number of ether oxygens (including phenoxy) is 2. The summed E-state index contributed by atoms with van der Waals surface area (Å²) in [5, 5.41) is 0. The second-order valence-electron chi connectivity index (χ2n) is 3.50. The molecular formula is C13H15FO3. The van der Waals surface area contributed by atoms with Crippen molar-refractivity contribution in [1.29, 1.82) is 0 Å². The van der Waals surface area contributed by atoms with Crippen molar-refractivity contribution in [1.82, 2.24) is 0 Å². The van der Waals surface area contributed by atoms with Crippen LogP contribution >= 0.6 is 0 Å². The van der Waals surface area contributed by atoms with Crippen LogP contribution < -0.4 is 0 Å². The summed E-state index contributed by atoms with van der Waals surface area (Å²) in [6.07, 6.45) is 0. The molecule has 0 aromatic heterocycles. The van der Waals surface area contributed by atoms with Crippen LogP contribution in [0.1, 0.15) is 28.4 Å². The molecule has 0 saturated heterocycles. The van der Waals surface area contributed by atoms with Gasteiger partial charge in [-0.3, -0.25) is 0 Å². The van der Waals surface area contributed by atoms with E-state index >= 15 is 0 Å². The molecule has 0 aliphatic rings. The molecule has 1 rings (SSSR count). The van der Waals surface area contributed by atoms with Crippen LogP contribution in [-0.2, 0) is 9.47 Å². The first-order valence-electron chi connectivity index (χ1n) is 5.21. The molecule has 1 aromatic carbocycles. The minimum absolute atomic E-state index is 0.176. The normalized spacial score (nSPS) is 9.88. The van der Waals surface area contributed by atoms with Crippen molar-refractivity contribution in [2.45, 2.75) is 13.8 Å². The quantitative estimate of drug-likeness (QED) is 0.597. The molecule has 0 fully saturated rings. The molecule has 0 atom stereocenters. The van der Waals surface area contributed by atoms with Gasteiger partial charge in [-0.25, -0.2) is 9.18 Å². The maximum atomic E-state index is 13.8. The summed E-state index contributed by atoms with van der Waals surface area (Å²) < 4.78 is 23.5. The van der Waals surface area contributed by atoms with Crippen LogP contribution in [0.4, 0.5) is 4.39 Å². The van der Waals surface area contributed by atoms with Crippen molar-refractivity contribution >= 4 is 11.7 Å². The van der Waals surface area contributed by atoms with E-state index in [0.29, 0.717) is 17.7 Å². The lowest BCUT2D eigenvalue weighted by molar-refractivity contribution is 0.0600. The fourth-order valence-electron chi connectivity index (χ4n) is 1.58. The third-order valence-electron chi connectivity index (χ3n) is 2.31. The Morgan fingerprint density at radius 1 is 1.47 bits per heavy atom. The molecule has 3 nitrogen and oxygen atoms in total. The molecule has 0 unspecified atom stereocenters. The number of halogens is 1. The van der Waals surface area contributed by atoms with Gasteiger partial charge in [0.2, 0.25) is 0 Å². The standard InChI is InChI=1S/C13H15FO3/c1-5-17-9(3)12-8(2)6-10(7-11(12)14)13(15)16-4/h6-7H,3,5H2,1-2,4H3. The lowest BCUT2D eigenvalue weighted by atomic mass is 10.0. The highest BCUT2D eigenvalue weighted by Gasteiger charge is 2.15. The van der Waals surface area contributed by atoms with Gasteiger partial charge in [0.05, 0.1) is 24.8 Å². The maximum absolute atomic E-state index is 13.8. The Bertz CT molecular complexity index is 429. The zero-order chi connectivity index (χ0) is 13.0. The number of hydrogen-bond acceptors (Lipinski definition) is 3. The number of esters is 1. The Morgan fingerprint density at radius 3 is 2.59 bits per heavy atom. The topological polar surface area (TPSA) is 35.5 Å². The van der Waals surface area contributed by atoms with Gasteiger partial charge in [0.15, 0.2) is 0 Å². The third-order valence-corrected chi connectivity index (χ3v) is 2.31. The smallest absolute Gasteiger partial charge is 0.337 e.